The van der Waals surface area contributed by atoms with E-state index in [4.69, 9.17) is 11.6 Å². The maximum Gasteiger partial charge on any atom is 0.269 e. The first-order chi connectivity index (χ1) is 9.88. The molecule has 108 valence electrons. The van der Waals surface area contributed by atoms with Crippen molar-refractivity contribution in [2.24, 2.45) is 0 Å². The van der Waals surface area contributed by atoms with Gasteiger partial charge in [0, 0.05) is 17.8 Å². The lowest BCUT2D eigenvalue weighted by molar-refractivity contribution is -0.384. The Kier molecular flexibility index (Phi) is 4.13. The first-order valence-corrected chi connectivity index (χ1v) is 5.96. The summed E-state index contributed by atoms with van der Waals surface area (Å²) in [5.41, 5.74) is -0.126. The summed E-state index contributed by atoms with van der Waals surface area (Å²) in [6.07, 6.45) is 0. The number of anilines is 1. The van der Waals surface area contributed by atoms with E-state index < -0.39 is 22.5 Å². The monoisotopic (exact) mass is 312 g/mol. The van der Waals surface area contributed by atoms with Crippen LogP contribution in [-0.4, -0.2) is 10.8 Å². The first kappa shape index (κ1) is 14.9. The first-order valence-electron chi connectivity index (χ1n) is 5.59. The lowest BCUT2D eigenvalue weighted by Crippen LogP contribution is -2.13. The molecule has 0 saturated carbocycles. The highest BCUT2D eigenvalue weighted by atomic mass is 35.5. The zero-order valence-corrected chi connectivity index (χ0v) is 11.0. The van der Waals surface area contributed by atoms with Crippen LogP contribution < -0.4 is 5.32 Å². The fraction of sp³-hybridized carbons (Fsp3) is 0. The third-order valence-electron chi connectivity index (χ3n) is 2.59. The summed E-state index contributed by atoms with van der Waals surface area (Å²) in [6.45, 7) is 0. The second-order valence-corrected chi connectivity index (χ2v) is 4.41. The molecule has 2 aromatic rings. The molecule has 0 aromatic heterocycles. The van der Waals surface area contributed by atoms with Crippen molar-refractivity contribution in [2.45, 2.75) is 0 Å². The van der Waals surface area contributed by atoms with E-state index in [9.17, 15) is 23.7 Å². The van der Waals surface area contributed by atoms with Gasteiger partial charge in [0.15, 0.2) is 11.6 Å². The third kappa shape index (κ3) is 3.32. The van der Waals surface area contributed by atoms with E-state index in [1.165, 1.54) is 24.3 Å². The summed E-state index contributed by atoms with van der Waals surface area (Å²) >= 11 is 5.67. The molecule has 0 fully saturated rings. The third-order valence-corrected chi connectivity index (χ3v) is 2.90. The van der Waals surface area contributed by atoms with Gasteiger partial charge < -0.3 is 5.32 Å². The van der Waals surface area contributed by atoms with Gasteiger partial charge in [0.1, 0.15) is 0 Å². The van der Waals surface area contributed by atoms with Crippen molar-refractivity contribution in [1.82, 2.24) is 0 Å². The fourth-order valence-electron chi connectivity index (χ4n) is 1.56. The summed E-state index contributed by atoms with van der Waals surface area (Å²) in [5.74, 6) is -3.12. The van der Waals surface area contributed by atoms with Crippen LogP contribution in [-0.2, 0) is 0 Å². The average Bonchev–Trinajstić information content (AvgIpc) is 2.43. The second kappa shape index (κ2) is 5.84. The van der Waals surface area contributed by atoms with Crippen molar-refractivity contribution in [3.8, 4) is 0 Å². The molecule has 0 atom stereocenters. The van der Waals surface area contributed by atoms with Gasteiger partial charge in [-0.05, 0) is 24.3 Å². The fourth-order valence-corrected chi connectivity index (χ4v) is 1.80. The van der Waals surface area contributed by atoms with Gasteiger partial charge in [-0.3, -0.25) is 14.9 Å². The van der Waals surface area contributed by atoms with Gasteiger partial charge in [-0.25, -0.2) is 8.78 Å². The molecular formula is C13H7ClF2N2O3. The van der Waals surface area contributed by atoms with Crippen molar-refractivity contribution in [1.29, 1.82) is 0 Å². The minimum absolute atomic E-state index is 0.140. The topological polar surface area (TPSA) is 72.2 Å². The molecule has 8 heteroatoms. The molecule has 0 radical (unpaired) electrons. The van der Waals surface area contributed by atoms with Gasteiger partial charge in [-0.15, -0.1) is 0 Å². The SMILES string of the molecule is O=C(Nc1ccc([N+](=O)[O-])cc1)c1cc(F)c(F)cc1Cl. The smallest absolute Gasteiger partial charge is 0.269 e. The number of non-ortho nitro benzene ring substituents is 1. The lowest BCUT2D eigenvalue weighted by atomic mass is 10.2. The predicted octanol–water partition coefficient (Wildman–Crippen LogP) is 3.78. The number of nitro benzene ring substituents is 1. The van der Waals surface area contributed by atoms with Crippen LogP contribution in [0.4, 0.5) is 20.2 Å². The second-order valence-electron chi connectivity index (χ2n) is 4.00. The Labute approximate surface area is 122 Å². The van der Waals surface area contributed by atoms with Gasteiger partial charge in [0.05, 0.1) is 15.5 Å². The van der Waals surface area contributed by atoms with E-state index in [0.29, 0.717) is 12.1 Å². The van der Waals surface area contributed by atoms with E-state index >= 15 is 0 Å². The van der Waals surface area contributed by atoms with Crippen LogP contribution in [0, 0.1) is 21.7 Å². The van der Waals surface area contributed by atoms with Crippen molar-refractivity contribution < 1.29 is 18.5 Å². The van der Waals surface area contributed by atoms with E-state index in [-0.39, 0.29) is 22.0 Å². The molecule has 0 aliphatic carbocycles. The number of benzene rings is 2. The summed E-state index contributed by atoms with van der Waals surface area (Å²) in [5, 5.41) is 12.6. The van der Waals surface area contributed by atoms with E-state index in [2.05, 4.69) is 5.32 Å². The molecule has 0 aliphatic rings. The maximum absolute atomic E-state index is 13.1. The van der Waals surface area contributed by atoms with Crippen molar-refractivity contribution in [3.63, 3.8) is 0 Å². The molecule has 0 bridgehead atoms. The van der Waals surface area contributed by atoms with E-state index in [1.54, 1.807) is 0 Å². The summed E-state index contributed by atoms with van der Waals surface area (Å²) in [6, 6.07) is 6.39. The highest BCUT2D eigenvalue weighted by Gasteiger charge is 2.15. The van der Waals surface area contributed by atoms with Crippen LogP contribution in [0.2, 0.25) is 5.02 Å². The summed E-state index contributed by atoms with van der Waals surface area (Å²) < 4.78 is 26.0. The predicted molar refractivity (Wildman–Crippen MR) is 72.4 cm³/mol. The highest BCUT2D eigenvalue weighted by molar-refractivity contribution is 6.34. The van der Waals surface area contributed by atoms with E-state index in [0.717, 1.165) is 0 Å². The molecule has 2 aromatic carbocycles. The zero-order chi connectivity index (χ0) is 15.6. The Hall–Kier alpha value is -2.54. The minimum atomic E-state index is -1.20. The summed E-state index contributed by atoms with van der Waals surface area (Å²) in [4.78, 5) is 21.8. The van der Waals surface area contributed by atoms with Crippen molar-refractivity contribution in [2.75, 3.05) is 5.32 Å². The number of nitrogens with zero attached hydrogens (tertiary/aromatic N) is 1. The Balaban J connectivity index is 2.22. The van der Waals surface area contributed by atoms with Gasteiger partial charge in [-0.1, -0.05) is 11.6 Å². The molecule has 1 amide bonds. The van der Waals surface area contributed by atoms with Gasteiger partial charge in [0.25, 0.3) is 11.6 Å². The molecule has 0 heterocycles. The normalized spacial score (nSPS) is 10.2. The Morgan fingerprint density at radius 1 is 1.14 bits per heavy atom. The maximum atomic E-state index is 13.1. The Morgan fingerprint density at radius 3 is 2.29 bits per heavy atom. The molecule has 0 aliphatic heterocycles. The lowest BCUT2D eigenvalue weighted by Gasteiger charge is -2.07. The number of carbonyl (C=O) groups excluding carboxylic acids is 1. The minimum Gasteiger partial charge on any atom is -0.322 e. The Bertz CT molecular complexity index is 720. The van der Waals surface area contributed by atoms with Crippen LogP contribution in [0.15, 0.2) is 36.4 Å². The zero-order valence-electron chi connectivity index (χ0n) is 10.3. The number of amides is 1. The number of hydrogen-bond donors (Lipinski definition) is 1. The molecule has 21 heavy (non-hydrogen) atoms. The molecule has 0 spiro atoms. The van der Waals surface area contributed by atoms with Gasteiger partial charge in [-0.2, -0.15) is 0 Å². The quantitative estimate of drug-likeness (QED) is 0.532. The standard InChI is InChI=1S/C13H7ClF2N2O3/c14-10-6-12(16)11(15)5-9(10)13(19)17-7-1-3-8(4-2-7)18(20)21/h1-6H,(H,17,19). The highest BCUT2D eigenvalue weighted by Crippen LogP contribution is 2.22. The number of rotatable bonds is 3. The van der Waals surface area contributed by atoms with Gasteiger partial charge >= 0.3 is 0 Å². The summed E-state index contributed by atoms with van der Waals surface area (Å²) in [7, 11) is 0. The molecule has 0 unspecified atom stereocenters. The number of carbonyl (C=O) groups is 1. The van der Waals surface area contributed by atoms with Crippen LogP contribution in [0.1, 0.15) is 10.4 Å². The van der Waals surface area contributed by atoms with E-state index in [1.807, 2.05) is 0 Å². The molecule has 5 nitrogen and oxygen atoms in total. The molecule has 2 rings (SSSR count). The number of halogens is 3. The Morgan fingerprint density at radius 2 is 1.71 bits per heavy atom. The largest absolute Gasteiger partial charge is 0.322 e. The number of nitrogens with one attached hydrogen (secondary N) is 1. The average molecular weight is 313 g/mol. The molecule has 0 saturated heterocycles. The van der Waals surface area contributed by atoms with Crippen LogP contribution in [0.3, 0.4) is 0 Å². The number of hydrogen-bond acceptors (Lipinski definition) is 3. The molecule has 1 N–H and O–H groups in total. The van der Waals surface area contributed by atoms with Crippen molar-refractivity contribution >= 4 is 28.9 Å². The molecular weight excluding hydrogens is 306 g/mol. The number of nitro groups is 1. The van der Waals surface area contributed by atoms with Crippen LogP contribution >= 0.6 is 11.6 Å². The van der Waals surface area contributed by atoms with Crippen molar-refractivity contribution in [3.05, 3.63) is 68.7 Å². The van der Waals surface area contributed by atoms with Crippen LogP contribution in [0.25, 0.3) is 0 Å². The van der Waals surface area contributed by atoms with Crippen LogP contribution in [0.5, 0.6) is 0 Å². The van der Waals surface area contributed by atoms with Gasteiger partial charge in [0.2, 0.25) is 0 Å².